The smallest absolute Gasteiger partial charge is 0.144 e. The van der Waals surface area contributed by atoms with Crippen LogP contribution in [0.4, 0.5) is 11.4 Å². The fourth-order valence-electron chi connectivity index (χ4n) is 3.01. The van der Waals surface area contributed by atoms with Crippen LogP contribution in [0.25, 0.3) is 0 Å². The summed E-state index contributed by atoms with van der Waals surface area (Å²) in [6.45, 7) is 4.03. The van der Waals surface area contributed by atoms with Gasteiger partial charge in [-0.25, -0.2) is 0 Å². The second-order valence-electron chi connectivity index (χ2n) is 5.40. The summed E-state index contributed by atoms with van der Waals surface area (Å²) in [5.74, 6) is 0.872. The lowest BCUT2D eigenvalue weighted by molar-refractivity contribution is -0.000310. The SMILES string of the molecule is COc1cc(N)ccc1N1CC2(CCOCC2)C1. The van der Waals surface area contributed by atoms with Crippen LogP contribution in [0.1, 0.15) is 12.8 Å². The third kappa shape index (κ3) is 1.90. The van der Waals surface area contributed by atoms with E-state index >= 15 is 0 Å². The van der Waals surface area contributed by atoms with E-state index in [0.29, 0.717) is 5.41 Å². The number of benzene rings is 1. The molecule has 2 heterocycles. The molecule has 1 aromatic rings. The van der Waals surface area contributed by atoms with Crippen molar-refractivity contribution < 1.29 is 9.47 Å². The zero-order chi connectivity index (χ0) is 12.6. The molecule has 0 amide bonds. The van der Waals surface area contributed by atoms with Crippen LogP contribution < -0.4 is 15.4 Å². The van der Waals surface area contributed by atoms with Crippen LogP contribution >= 0.6 is 0 Å². The van der Waals surface area contributed by atoms with E-state index in [0.717, 1.165) is 43.4 Å². The van der Waals surface area contributed by atoms with E-state index in [1.165, 1.54) is 12.8 Å². The number of hydrogen-bond donors (Lipinski definition) is 1. The summed E-state index contributed by atoms with van der Waals surface area (Å²) in [4.78, 5) is 2.38. The van der Waals surface area contributed by atoms with E-state index in [1.54, 1.807) is 7.11 Å². The van der Waals surface area contributed by atoms with Gasteiger partial charge in [-0.05, 0) is 25.0 Å². The predicted octanol–water partition coefficient (Wildman–Crippen LogP) is 1.89. The van der Waals surface area contributed by atoms with Crippen LogP contribution in [0, 0.1) is 5.41 Å². The summed E-state index contributed by atoms with van der Waals surface area (Å²) in [6.07, 6.45) is 2.36. The summed E-state index contributed by atoms with van der Waals surface area (Å²) < 4.78 is 10.9. The first kappa shape index (κ1) is 11.7. The zero-order valence-electron chi connectivity index (χ0n) is 10.8. The molecule has 2 saturated heterocycles. The lowest BCUT2D eigenvalue weighted by Crippen LogP contribution is -2.58. The largest absolute Gasteiger partial charge is 0.495 e. The monoisotopic (exact) mass is 248 g/mol. The third-order valence-electron chi connectivity index (χ3n) is 4.15. The molecule has 2 fully saturated rings. The normalized spacial score (nSPS) is 21.7. The van der Waals surface area contributed by atoms with Gasteiger partial charge in [0.15, 0.2) is 0 Å². The van der Waals surface area contributed by atoms with Crippen LogP contribution in [0.15, 0.2) is 18.2 Å². The number of nitrogens with zero attached hydrogens (tertiary/aromatic N) is 1. The van der Waals surface area contributed by atoms with Gasteiger partial charge in [0.1, 0.15) is 5.75 Å². The van der Waals surface area contributed by atoms with Crippen molar-refractivity contribution in [3.8, 4) is 5.75 Å². The van der Waals surface area contributed by atoms with E-state index in [-0.39, 0.29) is 0 Å². The molecule has 18 heavy (non-hydrogen) atoms. The Labute approximate surface area is 108 Å². The fraction of sp³-hybridized carbons (Fsp3) is 0.571. The lowest BCUT2D eigenvalue weighted by Gasteiger charge is -2.53. The number of methoxy groups -OCH3 is 1. The van der Waals surface area contributed by atoms with Crippen molar-refractivity contribution in [2.45, 2.75) is 12.8 Å². The van der Waals surface area contributed by atoms with Crippen LogP contribution in [0.5, 0.6) is 5.75 Å². The Hall–Kier alpha value is -1.42. The highest BCUT2D eigenvalue weighted by Crippen LogP contribution is 2.44. The Balaban J connectivity index is 1.74. The maximum absolute atomic E-state index is 5.78. The van der Waals surface area contributed by atoms with Crippen LogP contribution in [0.3, 0.4) is 0 Å². The Morgan fingerprint density at radius 1 is 1.28 bits per heavy atom. The van der Waals surface area contributed by atoms with Gasteiger partial charge in [0.25, 0.3) is 0 Å². The van der Waals surface area contributed by atoms with Gasteiger partial charge in [0.2, 0.25) is 0 Å². The van der Waals surface area contributed by atoms with Gasteiger partial charge >= 0.3 is 0 Å². The average molecular weight is 248 g/mol. The van der Waals surface area contributed by atoms with Gasteiger partial charge in [0, 0.05) is 43.5 Å². The summed E-state index contributed by atoms with van der Waals surface area (Å²) in [7, 11) is 1.70. The van der Waals surface area contributed by atoms with Crippen LogP contribution in [0.2, 0.25) is 0 Å². The zero-order valence-corrected chi connectivity index (χ0v) is 10.8. The van der Waals surface area contributed by atoms with Gasteiger partial charge in [-0.1, -0.05) is 0 Å². The molecule has 98 valence electrons. The van der Waals surface area contributed by atoms with E-state index in [9.17, 15) is 0 Å². The minimum Gasteiger partial charge on any atom is -0.495 e. The Morgan fingerprint density at radius 2 is 2.00 bits per heavy atom. The first-order valence-corrected chi connectivity index (χ1v) is 6.49. The van der Waals surface area contributed by atoms with Gasteiger partial charge in [0.05, 0.1) is 12.8 Å². The molecule has 0 aliphatic carbocycles. The molecule has 0 unspecified atom stereocenters. The maximum Gasteiger partial charge on any atom is 0.144 e. The van der Waals surface area contributed by atoms with E-state index in [4.69, 9.17) is 15.2 Å². The van der Waals surface area contributed by atoms with Gasteiger partial charge < -0.3 is 20.1 Å². The summed E-state index contributed by atoms with van der Waals surface area (Å²) in [5, 5.41) is 0. The second kappa shape index (κ2) is 4.35. The minimum absolute atomic E-state index is 0.477. The number of hydrogen-bond acceptors (Lipinski definition) is 4. The highest BCUT2D eigenvalue weighted by Gasteiger charge is 2.44. The Morgan fingerprint density at radius 3 is 2.67 bits per heavy atom. The molecule has 0 radical (unpaired) electrons. The number of nitrogen functional groups attached to an aromatic ring is 1. The molecule has 0 saturated carbocycles. The number of anilines is 2. The van der Waals surface area contributed by atoms with Crippen molar-refractivity contribution in [2.75, 3.05) is 44.0 Å². The van der Waals surface area contributed by atoms with Crippen LogP contribution in [-0.2, 0) is 4.74 Å². The minimum atomic E-state index is 0.477. The molecular weight excluding hydrogens is 228 g/mol. The summed E-state index contributed by atoms with van der Waals surface area (Å²) >= 11 is 0. The topological polar surface area (TPSA) is 47.7 Å². The van der Waals surface area contributed by atoms with E-state index in [1.807, 2.05) is 12.1 Å². The average Bonchev–Trinajstić information content (AvgIpc) is 2.37. The first-order valence-electron chi connectivity index (χ1n) is 6.49. The van der Waals surface area contributed by atoms with Gasteiger partial charge in [-0.15, -0.1) is 0 Å². The molecule has 1 spiro atoms. The van der Waals surface area contributed by atoms with Crippen molar-refractivity contribution in [2.24, 2.45) is 5.41 Å². The molecule has 2 N–H and O–H groups in total. The number of nitrogens with two attached hydrogens (primary N) is 1. The standard InChI is InChI=1S/C14H20N2O2/c1-17-13-8-11(15)2-3-12(13)16-9-14(10-16)4-6-18-7-5-14/h2-3,8H,4-7,9-10,15H2,1H3. The van der Waals surface area contributed by atoms with E-state index in [2.05, 4.69) is 11.0 Å². The first-order chi connectivity index (χ1) is 8.72. The molecule has 2 aliphatic rings. The second-order valence-corrected chi connectivity index (χ2v) is 5.40. The quantitative estimate of drug-likeness (QED) is 0.812. The highest BCUT2D eigenvalue weighted by molar-refractivity contribution is 5.65. The molecule has 3 rings (SSSR count). The van der Waals surface area contributed by atoms with Crippen molar-refractivity contribution in [3.63, 3.8) is 0 Å². The fourth-order valence-corrected chi connectivity index (χ4v) is 3.01. The van der Waals surface area contributed by atoms with Crippen LogP contribution in [-0.4, -0.2) is 33.4 Å². The van der Waals surface area contributed by atoms with Gasteiger partial charge in [-0.3, -0.25) is 0 Å². The third-order valence-corrected chi connectivity index (χ3v) is 4.15. The van der Waals surface area contributed by atoms with Crippen molar-refractivity contribution >= 4 is 11.4 Å². The molecule has 0 atom stereocenters. The highest BCUT2D eigenvalue weighted by atomic mass is 16.5. The Kier molecular flexibility index (Phi) is 2.82. The molecular formula is C14H20N2O2. The predicted molar refractivity (Wildman–Crippen MR) is 72.1 cm³/mol. The summed E-state index contributed by atoms with van der Waals surface area (Å²) in [5.41, 5.74) is 8.16. The molecule has 0 aromatic heterocycles. The summed E-state index contributed by atoms with van der Waals surface area (Å²) in [6, 6.07) is 5.89. The number of rotatable bonds is 2. The molecule has 4 nitrogen and oxygen atoms in total. The lowest BCUT2D eigenvalue weighted by atomic mass is 9.73. The van der Waals surface area contributed by atoms with Crippen molar-refractivity contribution in [3.05, 3.63) is 18.2 Å². The van der Waals surface area contributed by atoms with Crippen molar-refractivity contribution in [1.29, 1.82) is 0 Å². The maximum atomic E-state index is 5.78. The Bertz CT molecular complexity index is 433. The number of ether oxygens (including phenoxy) is 2. The molecule has 0 bridgehead atoms. The van der Waals surface area contributed by atoms with E-state index < -0.39 is 0 Å². The molecule has 4 heteroatoms. The van der Waals surface area contributed by atoms with Gasteiger partial charge in [-0.2, -0.15) is 0 Å². The van der Waals surface area contributed by atoms with Crippen molar-refractivity contribution in [1.82, 2.24) is 0 Å². The molecule has 2 aliphatic heterocycles. The molecule has 1 aromatic carbocycles.